The van der Waals surface area contributed by atoms with E-state index >= 15 is 0 Å². The smallest absolute Gasteiger partial charge is 0.263 e. The molecule has 0 atom stereocenters. The van der Waals surface area contributed by atoms with E-state index in [0.29, 0.717) is 28.4 Å². The third-order valence-corrected chi connectivity index (χ3v) is 7.57. The van der Waals surface area contributed by atoms with Crippen LogP contribution in [0, 0.1) is 4.77 Å². The molecule has 6 heteroatoms. The van der Waals surface area contributed by atoms with E-state index < -0.39 is 0 Å². The van der Waals surface area contributed by atoms with Crippen molar-refractivity contribution in [3.8, 4) is 0 Å². The molecule has 0 radical (unpaired) electrons. The van der Waals surface area contributed by atoms with Gasteiger partial charge in [-0.15, -0.1) is 0 Å². The lowest BCUT2D eigenvalue weighted by atomic mass is 9.87. The Balaban J connectivity index is 2.27. The monoisotopic (exact) mass is 404 g/mol. The Morgan fingerprint density at radius 2 is 1.69 bits per heavy atom. The molecule has 0 amide bonds. The maximum absolute atomic E-state index is 13.1. The fourth-order valence-electron chi connectivity index (χ4n) is 3.01. The van der Waals surface area contributed by atoms with E-state index in [0.717, 1.165) is 4.24 Å². The molecule has 1 aromatic heterocycles. The van der Waals surface area contributed by atoms with Gasteiger partial charge in [0.25, 0.3) is 5.56 Å². The van der Waals surface area contributed by atoms with Gasteiger partial charge in [-0.1, -0.05) is 56.9 Å². The van der Waals surface area contributed by atoms with Crippen molar-refractivity contribution >= 4 is 46.6 Å². The Hall–Kier alpha value is -1.24. The third kappa shape index (κ3) is 3.23. The van der Waals surface area contributed by atoms with Gasteiger partial charge in [0.2, 0.25) is 0 Å². The first kappa shape index (κ1) is 19.5. The van der Waals surface area contributed by atoms with Crippen LogP contribution in [0.4, 0.5) is 0 Å². The van der Waals surface area contributed by atoms with E-state index in [-0.39, 0.29) is 11.0 Å². The maximum atomic E-state index is 13.1. The van der Waals surface area contributed by atoms with Crippen LogP contribution in [0.3, 0.4) is 0 Å². The van der Waals surface area contributed by atoms with Gasteiger partial charge in [-0.2, -0.15) is 0 Å². The maximum Gasteiger partial charge on any atom is 0.263 e. The first-order valence-electron chi connectivity index (χ1n) is 8.76. The topological polar surface area (TPSA) is 26.9 Å². The third-order valence-electron chi connectivity index (χ3n) is 4.59. The first-order chi connectivity index (χ1) is 12.2. The lowest BCUT2D eigenvalue weighted by Gasteiger charge is -2.19. The van der Waals surface area contributed by atoms with Gasteiger partial charge in [-0.3, -0.25) is 9.36 Å². The largest absolute Gasteiger partial charge is 0.319 e. The van der Waals surface area contributed by atoms with Gasteiger partial charge in [0, 0.05) is 22.9 Å². The molecule has 0 saturated carbocycles. The van der Waals surface area contributed by atoms with Gasteiger partial charge in [-0.05, 0) is 49.2 Å². The molecule has 0 aliphatic carbocycles. The number of hydrogen-bond acceptors (Lipinski definition) is 4. The molecule has 0 spiro atoms. The fourth-order valence-corrected chi connectivity index (χ4v) is 6.08. The second-order valence-electron chi connectivity index (χ2n) is 7.30. The Morgan fingerprint density at radius 1 is 1.08 bits per heavy atom. The van der Waals surface area contributed by atoms with E-state index in [2.05, 4.69) is 45.5 Å². The lowest BCUT2D eigenvalue weighted by Crippen LogP contribution is -2.50. The summed E-state index contributed by atoms with van der Waals surface area (Å²) in [6.45, 7) is 16.1. The van der Waals surface area contributed by atoms with Crippen molar-refractivity contribution in [3.63, 3.8) is 0 Å². The average Bonchev–Trinajstić information content (AvgIpc) is 2.97. The summed E-state index contributed by atoms with van der Waals surface area (Å²) in [5.74, 6) is 0. The summed E-state index contributed by atoms with van der Waals surface area (Å²) in [5.41, 5.74) is 1.37. The number of benzene rings is 1. The van der Waals surface area contributed by atoms with E-state index in [1.54, 1.807) is 28.1 Å². The van der Waals surface area contributed by atoms with E-state index in [9.17, 15) is 4.79 Å². The highest BCUT2D eigenvalue weighted by Gasteiger charge is 2.23. The van der Waals surface area contributed by atoms with Crippen LogP contribution in [0.5, 0.6) is 0 Å². The number of hydrogen-bond donors (Lipinski definition) is 0. The quantitative estimate of drug-likeness (QED) is 0.705. The Kier molecular flexibility index (Phi) is 5.30. The molecule has 2 aromatic rings. The molecule has 1 aromatic carbocycles. The molecule has 3 rings (SSSR count). The molecule has 1 aliphatic rings. The van der Waals surface area contributed by atoms with Gasteiger partial charge in [0.05, 0.1) is 14.8 Å². The zero-order chi connectivity index (χ0) is 19.2. The van der Waals surface area contributed by atoms with Crippen LogP contribution >= 0.6 is 35.7 Å². The number of nitrogens with zero attached hydrogens (tertiary/aromatic N) is 2. The van der Waals surface area contributed by atoms with Crippen molar-refractivity contribution in [1.29, 1.82) is 0 Å². The molecule has 0 N–H and O–H groups in total. The van der Waals surface area contributed by atoms with Crippen LogP contribution in [-0.2, 0) is 18.5 Å². The molecule has 0 fully saturated rings. The summed E-state index contributed by atoms with van der Waals surface area (Å²) in [4.78, 5) is 15.5. The van der Waals surface area contributed by atoms with Crippen molar-refractivity contribution in [2.45, 2.75) is 62.9 Å². The predicted octanol–water partition coefficient (Wildman–Crippen LogP) is 4.09. The summed E-state index contributed by atoms with van der Waals surface area (Å²) >= 11 is 8.82. The molecule has 138 valence electrons. The van der Waals surface area contributed by atoms with Crippen molar-refractivity contribution in [3.05, 3.63) is 49.5 Å². The van der Waals surface area contributed by atoms with Crippen LogP contribution in [-0.4, -0.2) is 9.13 Å². The summed E-state index contributed by atoms with van der Waals surface area (Å²) in [6.07, 6.45) is 0. The fraction of sp³-hybridized carbons (Fsp3) is 0.400. The van der Waals surface area contributed by atoms with Crippen molar-refractivity contribution in [2.24, 2.45) is 0 Å². The second-order valence-corrected chi connectivity index (χ2v) is 10.0. The number of rotatable bonds is 2. The molecule has 0 bridgehead atoms. The van der Waals surface area contributed by atoms with Crippen LogP contribution in [0.15, 0.2) is 32.8 Å². The summed E-state index contributed by atoms with van der Waals surface area (Å²) in [7, 11) is 0. The van der Waals surface area contributed by atoms with Gasteiger partial charge < -0.3 is 4.57 Å². The van der Waals surface area contributed by atoms with Gasteiger partial charge in [0.15, 0.2) is 4.77 Å². The summed E-state index contributed by atoms with van der Waals surface area (Å²) < 4.78 is 5.17. The molecule has 3 nitrogen and oxygen atoms in total. The Labute approximate surface area is 167 Å². The van der Waals surface area contributed by atoms with Gasteiger partial charge in [0.1, 0.15) is 0 Å². The minimum atomic E-state index is -0.0361. The highest BCUT2D eigenvalue weighted by atomic mass is 32.2. The Bertz CT molecular complexity index is 1060. The second kappa shape index (κ2) is 7.06. The van der Waals surface area contributed by atoms with E-state index in [1.807, 2.05) is 18.4 Å². The predicted molar refractivity (Wildman–Crippen MR) is 116 cm³/mol. The minimum absolute atomic E-state index is 0.0361. The van der Waals surface area contributed by atoms with Crippen LogP contribution in [0.2, 0.25) is 0 Å². The number of aromatic nitrogens is 2. The zero-order valence-corrected chi connectivity index (χ0v) is 18.3. The first-order valence-corrected chi connectivity index (χ1v) is 10.8. The number of thioether (sulfide) groups is 2. The Morgan fingerprint density at radius 3 is 2.27 bits per heavy atom. The summed E-state index contributed by atoms with van der Waals surface area (Å²) in [6, 6.07) is 6.59. The van der Waals surface area contributed by atoms with Crippen molar-refractivity contribution < 1.29 is 0 Å². The number of fused-ring (bicyclic) bond motifs is 1. The van der Waals surface area contributed by atoms with Gasteiger partial charge >= 0.3 is 0 Å². The standard InChI is InChI=1S/C20H24N2OS3/c1-7-21-12(3)16(17(23)22(8-2)19(21)24)18-25-14-10-9-13(20(4,5)6)11-15(14)26-18/h9-11H,3,7-8H2,1-2,4-6H3/b18-16+. The highest BCUT2D eigenvalue weighted by molar-refractivity contribution is 8.32. The van der Waals surface area contributed by atoms with E-state index in [4.69, 9.17) is 12.2 Å². The molecular formula is C20H24N2OS3. The average molecular weight is 405 g/mol. The van der Waals surface area contributed by atoms with Gasteiger partial charge in [-0.25, -0.2) is 0 Å². The van der Waals surface area contributed by atoms with Crippen molar-refractivity contribution in [1.82, 2.24) is 9.13 Å². The van der Waals surface area contributed by atoms with Crippen LogP contribution in [0.1, 0.15) is 40.2 Å². The lowest BCUT2D eigenvalue weighted by molar-refractivity contribution is 0.588. The SMILES string of the molecule is C=c1/c(=C2/Sc3ccc(C(C)(C)C)cc3S2)c(=O)n(CC)c(=S)n1CC. The van der Waals surface area contributed by atoms with Crippen LogP contribution in [0.25, 0.3) is 10.8 Å². The summed E-state index contributed by atoms with van der Waals surface area (Å²) in [5, 5.41) is 1.40. The molecule has 0 unspecified atom stereocenters. The van der Waals surface area contributed by atoms with E-state index in [1.165, 1.54) is 15.4 Å². The normalized spacial score (nSPS) is 16.0. The van der Waals surface area contributed by atoms with Crippen LogP contribution < -0.4 is 16.1 Å². The molecule has 2 heterocycles. The molecule has 1 aliphatic heterocycles. The molecule has 0 saturated heterocycles. The minimum Gasteiger partial charge on any atom is -0.319 e. The highest BCUT2D eigenvalue weighted by Crippen LogP contribution is 2.51. The molecular weight excluding hydrogens is 380 g/mol. The molecule has 26 heavy (non-hydrogen) atoms. The zero-order valence-electron chi connectivity index (χ0n) is 15.9. The van der Waals surface area contributed by atoms with Crippen molar-refractivity contribution in [2.75, 3.05) is 0 Å².